The summed E-state index contributed by atoms with van der Waals surface area (Å²) in [4.78, 5) is 6.80. The zero-order valence-electron chi connectivity index (χ0n) is 18.4. The van der Waals surface area contributed by atoms with Crippen LogP contribution in [0.1, 0.15) is 23.6 Å². The minimum absolute atomic E-state index is 0.314. The van der Waals surface area contributed by atoms with Crippen LogP contribution in [0.4, 0.5) is 0 Å². The summed E-state index contributed by atoms with van der Waals surface area (Å²) in [7, 11) is 3.51. The van der Waals surface area contributed by atoms with E-state index in [-0.39, 0.29) is 0 Å². The molecular weight excluding hydrogens is 376 g/mol. The van der Waals surface area contributed by atoms with Crippen molar-refractivity contribution >= 4 is 5.96 Å². The van der Waals surface area contributed by atoms with E-state index in [0.717, 1.165) is 57.5 Å². The summed E-state index contributed by atoms with van der Waals surface area (Å²) in [5, 5.41) is 6.80. The van der Waals surface area contributed by atoms with Gasteiger partial charge in [-0.15, -0.1) is 0 Å². The van der Waals surface area contributed by atoms with Crippen molar-refractivity contribution in [3.63, 3.8) is 0 Å². The molecule has 162 valence electrons. The first-order chi connectivity index (χ1) is 14.7. The van der Waals surface area contributed by atoms with Gasteiger partial charge in [-0.25, -0.2) is 0 Å². The average molecular weight is 411 g/mol. The molecular formula is C24H34N4O2. The van der Waals surface area contributed by atoms with Crippen molar-refractivity contribution in [2.24, 2.45) is 4.99 Å². The van der Waals surface area contributed by atoms with Crippen LogP contribution in [0.5, 0.6) is 5.75 Å². The standard InChI is InChI=1S/C24H34N4O2/c1-19-17-28(13-14-30-19)18-21-8-6-7-20(15-21)16-27-24(25-2)26-12-11-22-9-4-5-10-23(22)29-3/h4-10,15,19H,11-14,16-18H2,1-3H3,(H2,25,26,27). The molecule has 30 heavy (non-hydrogen) atoms. The van der Waals surface area contributed by atoms with Crippen LogP contribution >= 0.6 is 0 Å². The monoisotopic (exact) mass is 410 g/mol. The number of morpholine rings is 1. The molecule has 1 fully saturated rings. The van der Waals surface area contributed by atoms with Gasteiger partial charge in [-0.3, -0.25) is 9.89 Å². The predicted octanol–water partition coefficient (Wildman–Crippen LogP) is 2.82. The van der Waals surface area contributed by atoms with E-state index in [4.69, 9.17) is 9.47 Å². The predicted molar refractivity (Wildman–Crippen MR) is 122 cm³/mol. The van der Waals surface area contributed by atoms with Crippen LogP contribution in [0.25, 0.3) is 0 Å². The Morgan fingerprint density at radius 1 is 1.17 bits per heavy atom. The Labute approximate surface area is 180 Å². The van der Waals surface area contributed by atoms with Crippen molar-refractivity contribution in [2.75, 3.05) is 40.4 Å². The fourth-order valence-corrected chi connectivity index (χ4v) is 3.76. The third kappa shape index (κ3) is 6.75. The summed E-state index contributed by atoms with van der Waals surface area (Å²) in [6, 6.07) is 16.9. The summed E-state index contributed by atoms with van der Waals surface area (Å²) in [6.07, 6.45) is 1.19. The van der Waals surface area contributed by atoms with Crippen LogP contribution in [0.15, 0.2) is 53.5 Å². The average Bonchev–Trinajstić information content (AvgIpc) is 2.76. The summed E-state index contributed by atoms with van der Waals surface area (Å²) < 4.78 is 11.1. The van der Waals surface area contributed by atoms with Gasteiger partial charge < -0.3 is 20.1 Å². The van der Waals surface area contributed by atoms with Crippen molar-refractivity contribution in [1.82, 2.24) is 15.5 Å². The Bertz CT molecular complexity index is 824. The SMILES string of the molecule is CN=C(NCCc1ccccc1OC)NCc1cccc(CN2CCOC(C)C2)c1. The van der Waals surface area contributed by atoms with Gasteiger partial charge in [0.25, 0.3) is 0 Å². The molecule has 1 aliphatic rings. The molecule has 1 aliphatic heterocycles. The van der Waals surface area contributed by atoms with Crippen LogP contribution in [-0.4, -0.2) is 57.4 Å². The van der Waals surface area contributed by atoms with Gasteiger partial charge in [0.15, 0.2) is 5.96 Å². The highest BCUT2D eigenvalue weighted by Gasteiger charge is 2.16. The maximum absolute atomic E-state index is 5.64. The van der Waals surface area contributed by atoms with Crippen LogP contribution in [0.3, 0.4) is 0 Å². The highest BCUT2D eigenvalue weighted by atomic mass is 16.5. The molecule has 2 aromatic carbocycles. The molecule has 1 heterocycles. The topological polar surface area (TPSA) is 58.1 Å². The molecule has 2 N–H and O–H groups in total. The molecule has 0 saturated carbocycles. The van der Waals surface area contributed by atoms with E-state index in [1.54, 1.807) is 14.2 Å². The Hall–Kier alpha value is -2.57. The fourth-order valence-electron chi connectivity index (χ4n) is 3.76. The lowest BCUT2D eigenvalue weighted by Crippen LogP contribution is -2.40. The summed E-state index contributed by atoms with van der Waals surface area (Å²) in [5.74, 6) is 1.73. The number of guanidine groups is 1. The number of methoxy groups -OCH3 is 1. The van der Waals surface area contributed by atoms with Gasteiger partial charge in [0.05, 0.1) is 19.8 Å². The van der Waals surface area contributed by atoms with E-state index in [0.29, 0.717) is 6.10 Å². The lowest BCUT2D eigenvalue weighted by Gasteiger charge is -2.31. The molecule has 0 spiro atoms. The molecule has 1 unspecified atom stereocenters. The Morgan fingerprint density at radius 2 is 2.00 bits per heavy atom. The number of hydrogen-bond donors (Lipinski definition) is 2. The molecule has 0 bridgehead atoms. The maximum atomic E-state index is 5.64. The summed E-state index contributed by atoms with van der Waals surface area (Å²) in [6.45, 7) is 7.43. The number of benzene rings is 2. The highest BCUT2D eigenvalue weighted by molar-refractivity contribution is 5.79. The van der Waals surface area contributed by atoms with Crippen LogP contribution < -0.4 is 15.4 Å². The molecule has 0 aliphatic carbocycles. The second-order valence-corrected chi connectivity index (χ2v) is 7.65. The molecule has 0 aromatic heterocycles. The van der Waals surface area contributed by atoms with Crippen molar-refractivity contribution < 1.29 is 9.47 Å². The van der Waals surface area contributed by atoms with Crippen molar-refractivity contribution in [2.45, 2.75) is 32.5 Å². The third-order valence-corrected chi connectivity index (χ3v) is 5.29. The van der Waals surface area contributed by atoms with E-state index in [1.807, 2.05) is 18.2 Å². The molecule has 6 nitrogen and oxygen atoms in total. The summed E-state index contributed by atoms with van der Waals surface area (Å²) in [5.41, 5.74) is 3.78. The first-order valence-electron chi connectivity index (χ1n) is 10.7. The van der Waals surface area contributed by atoms with Gasteiger partial charge in [-0.1, -0.05) is 42.5 Å². The fraction of sp³-hybridized carbons (Fsp3) is 0.458. The van der Waals surface area contributed by atoms with E-state index in [2.05, 4.69) is 57.8 Å². The molecule has 1 atom stereocenters. The molecule has 1 saturated heterocycles. The van der Waals surface area contributed by atoms with E-state index >= 15 is 0 Å². The largest absolute Gasteiger partial charge is 0.496 e. The minimum atomic E-state index is 0.314. The second kappa shape index (κ2) is 11.6. The molecule has 0 radical (unpaired) electrons. The minimum Gasteiger partial charge on any atom is -0.496 e. The number of nitrogens with one attached hydrogen (secondary N) is 2. The van der Waals surface area contributed by atoms with Gasteiger partial charge >= 0.3 is 0 Å². The first-order valence-corrected chi connectivity index (χ1v) is 10.7. The number of aliphatic imine (C=N–C) groups is 1. The third-order valence-electron chi connectivity index (χ3n) is 5.29. The Morgan fingerprint density at radius 3 is 2.80 bits per heavy atom. The van der Waals surface area contributed by atoms with Crippen molar-refractivity contribution in [1.29, 1.82) is 0 Å². The molecule has 2 aromatic rings. The van der Waals surface area contributed by atoms with Gasteiger partial charge in [-0.2, -0.15) is 0 Å². The van der Waals surface area contributed by atoms with Gasteiger partial charge in [0.1, 0.15) is 5.75 Å². The van der Waals surface area contributed by atoms with Gasteiger partial charge in [0, 0.05) is 39.8 Å². The number of nitrogens with zero attached hydrogens (tertiary/aromatic N) is 2. The smallest absolute Gasteiger partial charge is 0.191 e. The number of rotatable bonds is 8. The zero-order chi connectivity index (χ0) is 21.2. The summed E-state index contributed by atoms with van der Waals surface area (Å²) >= 11 is 0. The number of hydrogen-bond acceptors (Lipinski definition) is 4. The second-order valence-electron chi connectivity index (χ2n) is 7.65. The van der Waals surface area contributed by atoms with E-state index in [9.17, 15) is 0 Å². The van der Waals surface area contributed by atoms with E-state index < -0.39 is 0 Å². The molecule has 3 rings (SSSR count). The normalized spacial score (nSPS) is 17.6. The van der Waals surface area contributed by atoms with Crippen LogP contribution in [-0.2, 0) is 24.2 Å². The molecule has 0 amide bonds. The van der Waals surface area contributed by atoms with Crippen molar-refractivity contribution in [3.8, 4) is 5.75 Å². The van der Waals surface area contributed by atoms with Crippen LogP contribution in [0.2, 0.25) is 0 Å². The van der Waals surface area contributed by atoms with E-state index in [1.165, 1.54) is 16.7 Å². The van der Waals surface area contributed by atoms with Crippen LogP contribution in [0, 0.1) is 0 Å². The maximum Gasteiger partial charge on any atom is 0.191 e. The Balaban J connectivity index is 1.46. The lowest BCUT2D eigenvalue weighted by molar-refractivity contribution is -0.0212. The first kappa shape index (κ1) is 22.1. The number of ether oxygens (including phenoxy) is 2. The quantitative estimate of drug-likeness (QED) is 0.518. The number of para-hydroxylation sites is 1. The lowest BCUT2D eigenvalue weighted by atomic mass is 10.1. The zero-order valence-corrected chi connectivity index (χ0v) is 18.4. The van der Waals surface area contributed by atoms with Gasteiger partial charge in [-0.05, 0) is 36.1 Å². The highest BCUT2D eigenvalue weighted by Crippen LogP contribution is 2.17. The molecule has 6 heteroatoms. The van der Waals surface area contributed by atoms with Crippen molar-refractivity contribution in [3.05, 3.63) is 65.2 Å². The van der Waals surface area contributed by atoms with Gasteiger partial charge in [0.2, 0.25) is 0 Å². The Kier molecular flexibility index (Phi) is 8.53.